The predicted molar refractivity (Wildman–Crippen MR) is 85.0 cm³/mol. The molecule has 6 nitrogen and oxygen atoms in total. The molecule has 1 saturated heterocycles. The SMILES string of the molecule is CC1(CNS(=O)(=O)c2ccc(S(C)(=O)=O)cc2)CCNCC1. The summed E-state index contributed by atoms with van der Waals surface area (Å²) in [6.45, 7) is 4.23. The van der Waals surface area contributed by atoms with Crippen LogP contribution in [0.25, 0.3) is 0 Å². The number of nitrogens with one attached hydrogen (secondary N) is 2. The summed E-state index contributed by atoms with van der Waals surface area (Å²) in [6, 6.07) is 5.28. The van der Waals surface area contributed by atoms with Crippen molar-refractivity contribution in [3.8, 4) is 0 Å². The Morgan fingerprint density at radius 3 is 2.05 bits per heavy atom. The van der Waals surface area contributed by atoms with Crippen LogP contribution in [0.2, 0.25) is 0 Å². The normalized spacial score (nSPS) is 19.0. The highest BCUT2D eigenvalue weighted by atomic mass is 32.2. The zero-order valence-electron chi connectivity index (χ0n) is 12.8. The molecule has 2 rings (SSSR count). The van der Waals surface area contributed by atoms with E-state index in [9.17, 15) is 16.8 Å². The van der Waals surface area contributed by atoms with Gasteiger partial charge in [-0.2, -0.15) is 0 Å². The fraction of sp³-hybridized carbons (Fsp3) is 0.571. The Balaban J connectivity index is 2.10. The average molecular weight is 346 g/mol. The molecule has 0 saturated carbocycles. The topological polar surface area (TPSA) is 92.3 Å². The molecule has 0 bridgehead atoms. The van der Waals surface area contributed by atoms with Gasteiger partial charge in [-0.05, 0) is 55.6 Å². The van der Waals surface area contributed by atoms with Gasteiger partial charge in [0.15, 0.2) is 9.84 Å². The van der Waals surface area contributed by atoms with Crippen molar-refractivity contribution in [2.24, 2.45) is 5.41 Å². The molecule has 22 heavy (non-hydrogen) atoms. The molecule has 0 atom stereocenters. The fourth-order valence-electron chi connectivity index (χ4n) is 2.43. The summed E-state index contributed by atoms with van der Waals surface area (Å²) in [6.07, 6.45) is 2.93. The molecule has 124 valence electrons. The van der Waals surface area contributed by atoms with E-state index in [1.807, 2.05) is 0 Å². The van der Waals surface area contributed by atoms with Crippen molar-refractivity contribution in [1.82, 2.24) is 10.0 Å². The second-order valence-corrected chi connectivity index (χ2v) is 9.91. The van der Waals surface area contributed by atoms with E-state index in [-0.39, 0.29) is 15.2 Å². The molecule has 2 N–H and O–H groups in total. The molecular weight excluding hydrogens is 324 g/mol. The highest BCUT2D eigenvalue weighted by molar-refractivity contribution is 7.90. The van der Waals surface area contributed by atoms with E-state index < -0.39 is 19.9 Å². The van der Waals surface area contributed by atoms with Gasteiger partial charge in [0, 0.05) is 12.8 Å². The summed E-state index contributed by atoms with van der Waals surface area (Å²) in [7, 11) is -6.95. The van der Waals surface area contributed by atoms with Gasteiger partial charge < -0.3 is 5.32 Å². The van der Waals surface area contributed by atoms with Crippen LogP contribution >= 0.6 is 0 Å². The lowest BCUT2D eigenvalue weighted by Crippen LogP contribution is -2.42. The number of rotatable bonds is 5. The number of sulfone groups is 1. The highest BCUT2D eigenvalue weighted by Crippen LogP contribution is 2.27. The standard InChI is InChI=1S/C14H22N2O4S2/c1-14(7-9-15-10-8-14)11-16-22(19,20)13-5-3-12(4-6-13)21(2,17)18/h3-6,15-16H,7-11H2,1-2H3. The molecule has 0 spiro atoms. The third-order valence-corrected chi connectivity index (χ3v) is 6.61. The van der Waals surface area contributed by atoms with Crippen molar-refractivity contribution >= 4 is 19.9 Å². The molecule has 0 unspecified atom stereocenters. The third kappa shape index (κ3) is 4.28. The summed E-state index contributed by atoms with van der Waals surface area (Å²) in [5.74, 6) is 0. The second-order valence-electron chi connectivity index (χ2n) is 6.13. The average Bonchev–Trinajstić information content (AvgIpc) is 2.46. The predicted octanol–water partition coefficient (Wildman–Crippen LogP) is 0.758. The Bertz CT molecular complexity index is 719. The number of piperidine rings is 1. The van der Waals surface area contributed by atoms with Crippen LogP contribution < -0.4 is 10.0 Å². The Hall–Kier alpha value is -0.960. The van der Waals surface area contributed by atoms with E-state index in [4.69, 9.17) is 0 Å². The first-order valence-corrected chi connectivity index (χ1v) is 10.5. The lowest BCUT2D eigenvalue weighted by Gasteiger charge is -2.34. The first-order chi connectivity index (χ1) is 10.1. The third-order valence-electron chi connectivity index (χ3n) is 4.06. The maximum Gasteiger partial charge on any atom is 0.240 e. The molecule has 0 amide bonds. The van der Waals surface area contributed by atoms with Gasteiger partial charge in [-0.3, -0.25) is 0 Å². The molecule has 0 aromatic heterocycles. The largest absolute Gasteiger partial charge is 0.317 e. The Morgan fingerprint density at radius 2 is 1.55 bits per heavy atom. The molecule has 1 aliphatic rings. The fourth-order valence-corrected chi connectivity index (χ4v) is 4.26. The van der Waals surface area contributed by atoms with Gasteiger partial charge in [0.25, 0.3) is 0 Å². The van der Waals surface area contributed by atoms with Crippen LogP contribution in [-0.2, 0) is 19.9 Å². The molecule has 0 aliphatic carbocycles. The molecule has 1 aromatic rings. The zero-order valence-corrected chi connectivity index (χ0v) is 14.4. The zero-order chi connectivity index (χ0) is 16.4. The van der Waals surface area contributed by atoms with E-state index >= 15 is 0 Å². The minimum absolute atomic E-state index is 0.0506. The Morgan fingerprint density at radius 1 is 1.05 bits per heavy atom. The van der Waals surface area contributed by atoms with Crippen LogP contribution in [0.15, 0.2) is 34.1 Å². The van der Waals surface area contributed by atoms with E-state index in [1.54, 1.807) is 0 Å². The lowest BCUT2D eigenvalue weighted by molar-refractivity contribution is 0.232. The molecule has 1 aliphatic heterocycles. The van der Waals surface area contributed by atoms with Gasteiger partial charge in [0.2, 0.25) is 10.0 Å². The van der Waals surface area contributed by atoms with Crippen molar-refractivity contribution in [2.45, 2.75) is 29.6 Å². The molecule has 1 aromatic carbocycles. The molecule has 1 fully saturated rings. The summed E-state index contributed by atoms with van der Waals surface area (Å²) in [5, 5.41) is 3.25. The van der Waals surface area contributed by atoms with Gasteiger partial charge >= 0.3 is 0 Å². The summed E-state index contributed by atoms with van der Waals surface area (Å²) in [4.78, 5) is 0.189. The van der Waals surface area contributed by atoms with Crippen LogP contribution in [0.4, 0.5) is 0 Å². The van der Waals surface area contributed by atoms with Gasteiger partial charge in [0.05, 0.1) is 9.79 Å². The minimum Gasteiger partial charge on any atom is -0.317 e. The summed E-state index contributed by atoms with van der Waals surface area (Å²) >= 11 is 0. The highest BCUT2D eigenvalue weighted by Gasteiger charge is 2.28. The number of hydrogen-bond acceptors (Lipinski definition) is 5. The maximum absolute atomic E-state index is 12.3. The first kappa shape index (κ1) is 17.4. The van der Waals surface area contributed by atoms with Crippen LogP contribution in [0, 0.1) is 5.41 Å². The summed E-state index contributed by atoms with van der Waals surface area (Å²) < 4.78 is 50.0. The van der Waals surface area contributed by atoms with Gasteiger partial charge in [-0.15, -0.1) is 0 Å². The van der Waals surface area contributed by atoms with E-state index in [1.165, 1.54) is 24.3 Å². The van der Waals surface area contributed by atoms with Crippen LogP contribution in [-0.4, -0.2) is 42.7 Å². The molecule has 8 heteroatoms. The lowest BCUT2D eigenvalue weighted by atomic mass is 9.81. The second kappa shape index (κ2) is 6.27. The van der Waals surface area contributed by atoms with Crippen LogP contribution in [0.1, 0.15) is 19.8 Å². The molecule has 1 heterocycles. The van der Waals surface area contributed by atoms with Gasteiger partial charge in [-0.1, -0.05) is 6.92 Å². The van der Waals surface area contributed by atoms with Crippen LogP contribution in [0.3, 0.4) is 0 Å². The van der Waals surface area contributed by atoms with Crippen molar-refractivity contribution in [1.29, 1.82) is 0 Å². The minimum atomic E-state index is -3.63. The van der Waals surface area contributed by atoms with E-state index in [2.05, 4.69) is 17.0 Å². The Labute approximate surface area is 132 Å². The smallest absolute Gasteiger partial charge is 0.240 e. The van der Waals surface area contributed by atoms with Crippen molar-refractivity contribution in [3.05, 3.63) is 24.3 Å². The van der Waals surface area contributed by atoms with Crippen molar-refractivity contribution in [2.75, 3.05) is 25.9 Å². The van der Waals surface area contributed by atoms with Gasteiger partial charge in [-0.25, -0.2) is 21.6 Å². The maximum atomic E-state index is 12.3. The Kier molecular flexibility index (Phi) is 4.96. The number of benzene rings is 1. The molecule has 0 radical (unpaired) electrons. The van der Waals surface area contributed by atoms with E-state index in [0.29, 0.717) is 6.54 Å². The number of hydrogen-bond donors (Lipinski definition) is 2. The van der Waals surface area contributed by atoms with E-state index in [0.717, 1.165) is 32.2 Å². The number of sulfonamides is 1. The van der Waals surface area contributed by atoms with Crippen molar-refractivity contribution < 1.29 is 16.8 Å². The van der Waals surface area contributed by atoms with Gasteiger partial charge in [0.1, 0.15) is 0 Å². The van der Waals surface area contributed by atoms with Crippen LogP contribution in [0.5, 0.6) is 0 Å². The molecular formula is C14H22N2O4S2. The first-order valence-electron chi connectivity index (χ1n) is 7.13. The quantitative estimate of drug-likeness (QED) is 0.821. The summed E-state index contributed by atoms with van der Waals surface area (Å²) in [5.41, 5.74) is -0.0506. The van der Waals surface area contributed by atoms with Crippen molar-refractivity contribution in [3.63, 3.8) is 0 Å². The monoisotopic (exact) mass is 346 g/mol.